The third-order valence-electron chi connectivity index (χ3n) is 3.27. The van der Waals surface area contributed by atoms with Crippen molar-refractivity contribution in [3.63, 3.8) is 0 Å². The SMILES string of the molecule is C=CCN1C=CC(C=CC2=CCN(CC=C)C=C2)=CC1. The zero-order valence-corrected chi connectivity index (χ0v) is 11.9. The molecule has 0 unspecified atom stereocenters. The molecular weight excluding hydrogens is 244 g/mol. The fraction of sp³-hybridized carbons (Fsp3) is 0.222. The third kappa shape index (κ3) is 4.16. The van der Waals surface area contributed by atoms with E-state index < -0.39 is 0 Å². The monoisotopic (exact) mass is 266 g/mol. The highest BCUT2D eigenvalue weighted by Gasteiger charge is 2.02. The molecule has 0 saturated carbocycles. The molecule has 2 aliphatic heterocycles. The molecule has 0 fully saturated rings. The van der Waals surface area contributed by atoms with Crippen LogP contribution in [0.15, 0.2) is 85.3 Å². The highest BCUT2D eigenvalue weighted by molar-refractivity contribution is 5.41. The first-order chi connectivity index (χ1) is 9.81. The lowest BCUT2D eigenvalue weighted by molar-refractivity contribution is 0.456. The second-order valence-corrected chi connectivity index (χ2v) is 4.86. The van der Waals surface area contributed by atoms with E-state index in [-0.39, 0.29) is 0 Å². The molecule has 20 heavy (non-hydrogen) atoms. The van der Waals surface area contributed by atoms with E-state index in [9.17, 15) is 0 Å². The van der Waals surface area contributed by atoms with Crippen molar-refractivity contribution in [2.45, 2.75) is 0 Å². The van der Waals surface area contributed by atoms with Gasteiger partial charge in [-0.25, -0.2) is 0 Å². The van der Waals surface area contributed by atoms with Crippen molar-refractivity contribution < 1.29 is 0 Å². The molecule has 2 aliphatic rings. The second kappa shape index (κ2) is 7.39. The average molecular weight is 266 g/mol. The van der Waals surface area contributed by atoms with Crippen LogP contribution in [0.3, 0.4) is 0 Å². The largest absolute Gasteiger partial charge is 0.370 e. The van der Waals surface area contributed by atoms with Gasteiger partial charge in [0.25, 0.3) is 0 Å². The van der Waals surface area contributed by atoms with Crippen LogP contribution in [0.1, 0.15) is 0 Å². The quantitative estimate of drug-likeness (QED) is 0.680. The fourth-order valence-electron chi connectivity index (χ4n) is 2.13. The minimum absolute atomic E-state index is 0.900. The molecule has 2 nitrogen and oxygen atoms in total. The summed E-state index contributed by atoms with van der Waals surface area (Å²) in [7, 11) is 0. The lowest BCUT2D eigenvalue weighted by Gasteiger charge is -2.20. The molecule has 0 atom stereocenters. The van der Waals surface area contributed by atoms with Gasteiger partial charge in [0.15, 0.2) is 0 Å². The summed E-state index contributed by atoms with van der Waals surface area (Å²) in [4.78, 5) is 4.44. The maximum absolute atomic E-state index is 3.76. The van der Waals surface area contributed by atoms with Gasteiger partial charge in [-0.3, -0.25) is 0 Å². The van der Waals surface area contributed by atoms with Gasteiger partial charge < -0.3 is 9.80 Å². The molecule has 0 aliphatic carbocycles. The summed E-state index contributed by atoms with van der Waals surface area (Å²) in [5, 5.41) is 0. The maximum Gasteiger partial charge on any atom is 0.0366 e. The topological polar surface area (TPSA) is 6.48 Å². The number of allylic oxidation sites excluding steroid dienone is 6. The van der Waals surface area contributed by atoms with Crippen molar-refractivity contribution in [1.29, 1.82) is 0 Å². The Kier molecular flexibility index (Phi) is 5.24. The van der Waals surface area contributed by atoms with E-state index in [1.807, 2.05) is 12.2 Å². The second-order valence-electron chi connectivity index (χ2n) is 4.86. The molecule has 104 valence electrons. The molecule has 0 spiro atoms. The molecule has 2 rings (SSSR count). The molecule has 0 aromatic heterocycles. The minimum atomic E-state index is 0.900. The van der Waals surface area contributed by atoms with Crippen LogP contribution in [0.4, 0.5) is 0 Å². The van der Waals surface area contributed by atoms with Crippen LogP contribution in [0.5, 0.6) is 0 Å². The van der Waals surface area contributed by atoms with Crippen molar-refractivity contribution in [2.75, 3.05) is 26.2 Å². The molecule has 0 N–H and O–H groups in total. The Bertz CT molecular complexity index is 458. The normalized spacial score (nSPS) is 18.2. The van der Waals surface area contributed by atoms with E-state index in [1.165, 1.54) is 11.1 Å². The molecule has 0 radical (unpaired) electrons. The van der Waals surface area contributed by atoms with E-state index in [0.717, 1.165) is 26.2 Å². The number of hydrogen-bond acceptors (Lipinski definition) is 2. The summed E-state index contributed by atoms with van der Waals surface area (Å²) in [6, 6.07) is 0. The van der Waals surface area contributed by atoms with Crippen molar-refractivity contribution in [3.8, 4) is 0 Å². The zero-order valence-electron chi connectivity index (χ0n) is 11.9. The van der Waals surface area contributed by atoms with Gasteiger partial charge in [-0.15, -0.1) is 13.2 Å². The zero-order chi connectivity index (χ0) is 14.2. The van der Waals surface area contributed by atoms with E-state index >= 15 is 0 Å². The van der Waals surface area contributed by atoms with E-state index in [0.29, 0.717) is 0 Å². The molecule has 0 bridgehead atoms. The first-order valence-corrected chi connectivity index (χ1v) is 6.96. The first-order valence-electron chi connectivity index (χ1n) is 6.96. The summed E-state index contributed by atoms with van der Waals surface area (Å²) in [6.45, 7) is 11.2. The summed E-state index contributed by atoms with van der Waals surface area (Å²) in [5.41, 5.74) is 2.52. The van der Waals surface area contributed by atoms with Gasteiger partial charge in [0.1, 0.15) is 0 Å². The standard InChI is InChI=1S/C18H22N2/c1-3-11-19-13-7-17(8-14-19)5-6-18-9-15-20(12-4-2)16-10-18/h3-10,13,15H,1-2,11-12,14,16H2. The van der Waals surface area contributed by atoms with Gasteiger partial charge in [0.05, 0.1) is 0 Å². The first kappa shape index (κ1) is 14.2. The van der Waals surface area contributed by atoms with Gasteiger partial charge >= 0.3 is 0 Å². The van der Waals surface area contributed by atoms with Gasteiger partial charge in [-0.1, -0.05) is 36.5 Å². The van der Waals surface area contributed by atoms with Gasteiger partial charge in [0, 0.05) is 38.6 Å². The Hall–Kier alpha value is -2.22. The Morgan fingerprint density at radius 1 is 0.850 bits per heavy atom. The Morgan fingerprint density at radius 2 is 1.30 bits per heavy atom. The van der Waals surface area contributed by atoms with Crippen LogP contribution in [-0.4, -0.2) is 36.0 Å². The molecule has 2 heterocycles. The lowest BCUT2D eigenvalue weighted by Crippen LogP contribution is -2.19. The van der Waals surface area contributed by atoms with E-state index in [4.69, 9.17) is 0 Å². The van der Waals surface area contributed by atoms with Crippen LogP contribution in [0.2, 0.25) is 0 Å². The van der Waals surface area contributed by atoms with Crippen LogP contribution >= 0.6 is 0 Å². The van der Waals surface area contributed by atoms with Crippen molar-refractivity contribution in [3.05, 3.63) is 85.3 Å². The van der Waals surface area contributed by atoms with Crippen LogP contribution in [-0.2, 0) is 0 Å². The van der Waals surface area contributed by atoms with E-state index in [1.54, 1.807) is 0 Å². The summed E-state index contributed by atoms with van der Waals surface area (Å²) in [6.07, 6.45) is 21.2. The maximum atomic E-state index is 3.76. The molecule has 0 aromatic rings. The highest BCUT2D eigenvalue weighted by atomic mass is 15.1. The molecule has 0 saturated heterocycles. The van der Waals surface area contributed by atoms with Crippen LogP contribution < -0.4 is 0 Å². The van der Waals surface area contributed by atoms with Crippen molar-refractivity contribution in [2.24, 2.45) is 0 Å². The predicted octanol–water partition coefficient (Wildman–Crippen LogP) is 3.43. The Morgan fingerprint density at radius 3 is 1.60 bits per heavy atom. The summed E-state index contributed by atoms with van der Waals surface area (Å²) < 4.78 is 0. The molecule has 2 heteroatoms. The smallest absolute Gasteiger partial charge is 0.0366 e. The van der Waals surface area contributed by atoms with Crippen LogP contribution in [0.25, 0.3) is 0 Å². The Labute approximate surface area is 122 Å². The number of rotatable bonds is 6. The third-order valence-corrected chi connectivity index (χ3v) is 3.27. The van der Waals surface area contributed by atoms with E-state index in [2.05, 4.69) is 71.8 Å². The van der Waals surface area contributed by atoms with Gasteiger partial charge in [-0.05, 0) is 23.3 Å². The summed E-state index contributed by atoms with van der Waals surface area (Å²) in [5.74, 6) is 0. The van der Waals surface area contributed by atoms with Crippen molar-refractivity contribution >= 4 is 0 Å². The molecule has 0 aromatic carbocycles. The lowest BCUT2D eigenvalue weighted by atomic mass is 10.1. The predicted molar refractivity (Wildman–Crippen MR) is 87.1 cm³/mol. The highest BCUT2D eigenvalue weighted by Crippen LogP contribution is 2.12. The molecule has 0 amide bonds. The average Bonchev–Trinajstić information content (AvgIpc) is 2.49. The van der Waals surface area contributed by atoms with Crippen molar-refractivity contribution in [1.82, 2.24) is 9.80 Å². The number of nitrogens with zero attached hydrogens (tertiary/aromatic N) is 2. The fourth-order valence-corrected chi connectivity index (χ4v) is 2.13. The summed E-state index contributed by atoms with van der Waals surface area (Å²) >= 11 is 0. The Balaban J connectivity index is 1.86. The minimum Gasteiger partial charge on any atom is -0.370 e. The van der Waals surface area contributed by atoms with Gasteiger partial charge in [-0.2, -0.15) is 0 Å². The molecular formula is C18H22N2. The van der Waals surface area contributed by atoms with Crippen LogP contribution in [0, 0.1) is 0 Å². The van der Waals surface area contributed by atoms with Gasteiger partial charge in [0.2, 0.25) is 0 Å². The number of hydrogen-bond donors (Lipinski definition) is 0.